The molecule has 0 saturated heterocycles. The Bertz CT molecular complexity index is 150. The van der Waals surface area contributed by atoms with Crippen LogP contribution in [0.5, 0.6) is 0 Å². The lowest BCUT2D eigenvalue weighted by Gasteiger charge is -2.22. The van der Waals surface area contributed by atoms with E-state index in [1.54, 1.807) is 6.92 Å². The average molecular weight is 172 g/mol. The van der Waals surface area contributed by atoms with Gasteiger partial charge in [0, 0.05) is 5.92 Å². The Morgan fingerprint density at radius 3 is 2.50 bits per heavy atom. The molecule has 1 nitrogen and oxygen atoms in total. The Morgan fingerprint density at radius 2 is 2.00 bits per heavy atom. The van der Waals surface area contributed by atoms with Crippen LogP contribution in [-0.4, -0.2) is 6.04 Å². The van der Waals surface area contributed by atoms with Gasteiger partial charge in [-0.15, -0.1) is 0 Å². The van der Waals surface area contributed by atoms with Gasteiger partial charge in [0.05, 0.1) is 0 Å². The smallest absolute Gasteiger partial charge is 0.261 e. The zero-order valence-corrected chi connectivity index (χ0v) is 7.68. The van der Waals surface area contributed by atoms with Crippen molar-refractivity contribution in [3.05, 3.63) is 0 Å². The zero-order chi connectivity index (χ0) is 8.97. The molecule has 0 amide bonds. The van der Waals surface area contributed by atoms with Crippen molar-refractivity contribution < 1.29 is 9.18 Å². The molecule has 1 atom stereocenters. The van der Waals surface area contributed by atoms with Gasteiger partial charge in [0.1, 0.15) is 0 Å². The summed E-state index contributed by atoms with van der Waals surface area (Å²) in [6, 6.07) is -1.14. The largest absolute Gasteiger partial charge is 0.304 e. The fourth-order valence-corrected chi connectivity index (χ4v) is 2.02. The van der Waals surface area contributed by atoms with Crippen LogP contribution in [-0.2, 0) is 4.79 Å². The number of carbonyl (C=O) groups excluding carboxylic acids is 1. The molecule has 0 aromatic heterocycles. The van der Waals surface area contributed by atoms with Crippen LogP contribution in [0.1, 0.15) is 45.4 Å². The van der Waals surface area contributed by atoms with Crippen LogP contribution in [0.2, 0.25) is 0 Å². The third-order valence-corrected chi connectivity index (χ3v) is 2.80. The Hall–Kier alpha value is -0.400. The Labute approximate surface area is 73.3 Å². The van der Waals surface area contributed by atoms with Crippen LogP contribution in [0.15, 0.2) is 0 Å². The standard InChI is InChI=1S/C10H17FO/c1-8(10(11)12)7-9-5-3-2-4-6-9/h8-9H,2-7H2,1H3. The highest BCUT2D eigenvalue weighted by Gasteiger charge is 2.20. The van der Waals surface area contributed by atoms with Gasteiger partial charge in [-0.3, -0.25) is 4.79 Å². The quantitative estimate of drug-likeness (QED) is 0.598. The number of halogens is 1. The molecule has 0 bridgehead atoms. The van der Waals surface area contributed by atoms with Gasteiger partial charge < -0.3 is 0 Å². The normalized spacial score (nSPS) is 22.2. The predicted octanol–water partition coefficient (Wildman–Crippen LogP) is 3.09. The lowest BCUT2D eigenvalue weighted by molar-refractivity contribution is -0.133. The maximum Gasteiger partial charge on any atom is 0.304 e. The molecule has 0 radical (unpaired) electrons. The lowest BCUT2D eigenvalue weighted by Crippen LogP contribution is -2.14. The molecule has 0 aromatic carbocycles. The number of hydrogen-bond donors (Lipinski definition) is 0. The summed E-state index contributed by atoms with van der Waals surface area (Å²) in [7, 11) is 0. The lowest BCUT2D eigenvalue weighted by atomic mass is 9.83. The second kappa shape index (κ2) is 4.58. The van der Waals surface area contributed by atoms with Crippen molar-refractivity contribution in [3.63, 3.8) is 0 Å². The highest BCUT2D eigenvalue weighted by atomic mass is 19.1. The maximum absolute atomic E-state index is 12.2. The molecule has 0 spiro atoms. The SMILES string of the molecule is CC(CC1CCCCC1)C(=O)F. The molecule has 0 heterocycles. The topological polar surface area (TPSA) is 17.1 Å². The minimum Gasteiger partial charge on any atom is -0.261 e. The van der Waals surface area contributed by atoms with Gasteiger partial charge in [-0.25, -0.2) is 0 Å². The molecule has 0 aliphatic heterocycles. The first-order valence-corrected chi connectivity index (χ1v) is 4.89. The van der Waals surface area contributed by atoms with Gasteiger partial charge in [-0.2, -0.15) is 4.39 Å². The van der Waals surface area contributed by atoms with E-state index in [2.05, 4.69) is 0 Å². The van der Waals surface area contributed by atoms with E-state index in [0.29, 0.717) is 5.92 Å². The van der Waals surface area contributed by atoms with E-state index in [1.807, 2.05) is 0 Å². The minimum absolute atomic E-state index is 0.368. The highest BCUT2D eigenvalue weighted by molar-refractivity contribution is 5.70. The van der Waals surface area contributed by atoms with E-state index in [1.165, 1.54) is 32.1 Å². The third kappa shape index (κ3) is 2.92. The van der Waals surface area contributed by atoms with Gasteiger partial charge in [0.15, 0.2) is 0 Å². The van der Waals surface area contributed by atoms with E-state index >= 15 is 0 Å². The molecule has 1 unspecified atom stereocenters. The van der Waals surface area contributed by atoms with E-state index in [9.17, 15) is 9.18 Å². The van der Waals surface area contributed by atoms with Crippen molar-refractivity contribution in [2.75, 3.05) is 0 Å². The summed E-state index contributed by atoms with van der Waals surface area (Å²) >= 11 is 0. The van der Waals surface area contributed by atoms with Crippen LogP contribution in [0.3, 0.4) is 0 Å². The summed E-state index contributed by atoms with van der Waals surface area (Å²) in [4.78, 5) is 10.4. The molecule has 70 valence electrons. The van der Waals surface area contributed by atoms with E-state index in [4.69, 9.17) is 0 Å². The molecule has 1 aliphatic carbocycles. The maximum atomic E-state index is 12.2. The number of rotatable bonds is 3. The fraction of sp³-hybridized carbons (Fsp3) is 0.900. The van der Waals surface area contributed by atoms with E-state index < -0.39 is 6.04 Å². The molecular formula is C10H17FO. The van der Waals surface area contributed by atoms with Gasteiger partial charge >= 0.3 is 6.04 Å². The monoisotopic (exact) mass is 172 g/mol. The summed E-state index contributed by atoms with van der Waals surface area (Å²) in [5, 5.41) is 0. The molecule has 2 heteroatoms. The Kier molecular flexibility index (Phi) is 3.70. The number of hydrogen-bond acceptors (Lipinski definition) is 1. The minimum atomic E-state index is -1.14. The van der Waals surface area contributed by atoms with E-state index in [0.717, 1.165) is 6.42 Å². The van der Waals surface area contributed by atoms with Crippen molar-refractivity contribution in [2.45, 2.75) is 45.4 Å². The van der Waals surface area contributed by atoms with Gasteiger partial charge in [0.2, 0.25) is 0 Å². The summed E-state index contributed by atoms with van der Waals surface area (Å²) < 4.78 is 12.2. The molecular weight excluding hydrogens is 155 g/mol. The third-order valence-electron chi connectivity index (χ3n) is 2.80. The predicted molar refractivity (Wildman–Crippen MR) is 46.5 cm³/mol. The van der Waals surface area contributed by atoms with Crippen LogP contribution in [0.4, 0.5) is 4.39 Å². The summed E-state index contributed by atoms with van der Waals surface area (Å²) in [6.07, 6.45) is 6.98. The molecule has 1 saturated carbocycles. The molecule has 1 fully saturated rings. The molecule has 1 aliphatic rings. The summed E-state index contributed by atoms with van der Waals surface area (Å²) in [6.45, 7) is 1.69. The summed E-state index contributed by atoms with van der Waals surface area (Å²) in [5.74, 6) is 0.238. The van der Waals surface area contributed by atoms with Crippen LogP contribution in [0.25, 0.3) is 0 Å². The van der Waals surface area contributed by atoms with Gasteiger partial charge in [-0.1, -0.05) is 39.0 Å². The van der Waals surface area contributed by atoms with Gasteiger partial charge in [-0.05, 0) is 12.3 Å². The summed E-state index contributed by atoms with van der Waals surface area (Å²) in [5.41, 5.74) is 0. The molecule has 12 heavy (non-hydrogen) atoms. The van der Waals surface area contributed by atoms with Crippen molar-refractivity contribution in [2.24, 2.45) is 11.8 Å². The second-order valence-corrected chi connectivity index (χ2v) is 3.94. The average Bonchev–Trinajstić information content (AvgIpc) is 2.06. The zero-order valence-electron chi connectivity index (χ0n) is 7.68. The fourth-order valence-electron chi connectivity index (χ4n) is 2.02. The van der Waals surface area contributed by atoms with Crippen LogP contribution >= 0.6 is 0 Å². The first kappa shape index (κ1) is 9.69. The van der Waals surface area contributed by atoms with Crippen molar-refractivity contribution >= 4 is 6.04 Å². The second-order valence-electron chi connectivity index (χ2n) is 3.94. The highest BCUT2D eigenvalue weighted by Crippen LogP contribution is 2.29. The Balaban J connectivity index is 2.24. The first-order chi connectivity index (χ1) is 5.70. The molecule has 0 aromatic rings. The molecule has 0 N–H and O–H groups in total. The number of carbonyl (C=O) groups is 1. The van der Waals surface area contributed by atoms with Gasteiger partial charge in [0.25, 0.3) is 0 Å². The van der Waals surface area contributed by atoms with Crippen molar-refractivity contribution in [3.8, 4) is 0 Å². The van der Waals surface area contributed by atoms with Crippen LogP contribution < -0.4 is 0 Å². The first-order valence-electron chi connectivity index (χ1n) is 4.89. The molecule has 1 rings (SSSR count). The Morgan fingerprint density at radius 1 is 1.42 bits per heavy atom. The van der Waals surface area contributed by atoms with Crippen LogP contribution in [0, 0.1) is 11.8 Å². The van der Waals surface area contributed by atoms with Crippen molar-refractivity contribution in [1.82, 2.24) is 0 Å². The van der Waals surface area contributed by atoms with E-state index in [-0.39, 0.29) is 5.92 Å². The van der Waals surface area contributed by atoms with Crippen molar-refractivity contribution in [1.29, 1.82) is 0 Å².